The molecule has 96 valence electrons. The zero-order valence-electron chi connectivity index (χ0n) is 9.75. The molecule has 0 amide bonds. The molecule has 0 bridgehead atoms. The summed E-state index contributed by atoms with van der Waals surface area (Å²) in [6.45, 7) is 3.71. The molecule has 17 heavy (non-hydrogen) atoms. The van der Waals surface area contributed by atoms with Gasteiger partial charge in [-0.25, -0.2) is 0 Å². The first-order valence-corrected chi connectivity index (χ1v) is 5.38. The minimum atomic E-state index is -4.31. The van der Waals surface area contributed by atoms with E-state index in [0.717, 1.165) is 12.1 Å². The second-order valence-corrected chi connectivity index (χ2v) is 4.11. The van der Waals surface area contributed by atoms with Crippen molar-refractivity contribution >= 4 is 0 Å². The molecule has 0 saturated carbocycles. The summed E-state index contributed by atoms with van der Waals surface area (Å²) in [6.07, 6.45) is -4.85. The fraction of sp³-hybridized carbons (Fsp3) is 0.500. The summed E-state index contributed by atoms with van der Waals surface area (Å²) in [5.41, 5.74) is -0.103. The van der Waals surface area contributed by atoms with Crippen molar-refractivity contribution in [3.63, 3.8) is 0 Å². The summed E-state index contributed by atoms with van der Waals surface area (Å²) in [5, 5.41) is 12.2. The lowest BCUT2D eigenvalue weighted by molar-refractivity contribution is -0.137. The highest BCUT2D eigenvalue weighted by molar-refractivity contribution is 5.25. The van der Waals surface area contributed by atoms with E-state index in [-0.39, 0.29) is 6.04 Å². The number of nitrogens with one attached hydrogen (secondary N) is 1. The SMILES string of the molecule is CC(O)C(C)NCc1cccc(C(F)(F)F)c1. The smallest absolute Gasteiger partial charge is 0.392 e. The topological polar surface area (TPSA) is 32.3 Å². The average molecular weight is 247 g/mol. The average Bonchev–Trinajstić information content (AvgIpc) is 2.25. The van der Waals surface area contributed by atoms with Crippen LogP contribution in [-0.2, 0) is 12.7 Å². The molecule has 2 unspecified atom stereocenters. The third kappa shape index (κ3) is 4.36. The van der Waals surface area contributed by atoms with Gasteiger partial charge in [0.1, 0.15) is 0 Å². The Morgan fingerprint density at radius 1 is 1.29 bits per heavy atom. The number of aliphatic hydroxyl groups is 1. The Hall–Kier alpha value is -1.07. The van der Waals surface area contributed by atoms with Crippen molar-refractivity contribution in [3.8, 4) is 0 Å². The van der Waals surface area contributed by atoms with Gasteiger partial charge in [-0.2, -0.15) is 13.2 Å². The molecule has 1 aromatic rings. The Morgan fingerprint density at radius 2 is 1.94 bits per heavy atom. The van der Waals surface area contributed by atoms with Crippen LogP contribution in [-0.4, -0.2) is 17.3 Å². The van der Waals surface area contributed by atoms with Crippen LogP contribution in [0.3, 0.4) is 0 Å². The van der Waals surface area contributed by atoms with Crippen molar-refractivity contribution in [2.45, 2.75) is 38.7 Å². The normalized spacial score (nSPS) is 15.6. The van der Waals surface area contributed by atoms with Gasteiger partial charge in [-0.1, -0.05) is 18.2 Å². The fourth-order valence-corrected chi connectivity index (χ4v) is 1.31. The molecule has 0 radical (unpaired) electrons. The molecular formula is C12H16F3NO. The lowest BCUT2D eigenvalue weighted by atomic mass is 10.1. The monoisotopic (exact) mass is 247 g/mol. The predicted octanol–water partition coefficient (Wildman–Crippen LogP) is 2.56. The molecule has 0 fully saturated rings. The molecule has 0 saturated heterocycles. The lowest BCUT2D eigenvalue weighted by Gasteiger charge is -2.17. The van der Waals surface area contributed by atoms with Gasteiger partial charge < -0.3 is 10.4 Å². The molecule has 1 aromatic carbocycles. The Bertz CT molecular complexity index is 363. The number of halogens is 3. The third-order valence-corrected chi connectivity index (χ3v) is 2.61. The second-order valence-electron chi connectivity index (χ2n) is 4.11. The molecule has 2 nitrogen and oxygen atoms in total. The highest BCUT2D eigenvalue weighted by atomic mass is 19.4. The summed E-state index contributed by atoms with van der Waals surface area (Å²) in [6, 6.07) is 5.00. The van der Waals surface area contributed by atoms with Gasteiger partial charge in [-0.15, -0.1) is 0 Å². The van der Waals surface area contributed by atoms with Crippen LogP contribution in [0.1, 0.15) is 25.0 Å². The maximum Gasteiger partial charge on any atom is 0.416 e. The van der Waals surface area contributed by atoms with Gasteiger partial charge in [0.2, 0.25) is 0 Å². The summed E-state index contributed by atoms with van der Waals surface area (Å²) in [5.74, 6) is 0. The van der Waals surface area contributed by atoms with E-state index in [0.29, 0.717) is 12.1 Å². The maximum atomic E-state index is 12.4. The van der Waals surface area contributed by atoms with Crippen molar-refractivity contribution in [2.75, 3.05) is 0 Å². The van der Waals surface area contributed by atoms with Gasteiger partial charge in [0, 0.05) is 12.6 Å². The molecule has 5 heteroatoms. The lowest BCUT2D eigenvalue weighted by Crippen LogP contribution is -2.34. The number of alkyl halides is 3. The van der Waals surface area contributed by atoms with Crippen molar-refractivity contribution in [3.05, 3.63) is 35.4 Å². The van der Waals surface area contributed by atoms with Gasteiger partial charge in [-0.3, -0.25) is 0 Å². The Labute approximate surface area is 98.5 Å². The van der Waals surface area contributed by atoms with E-state index in [4.69, 9.17) is 0 Å². The number of hydrogen-bond donors (Lipinski definition) is 2. The molecular weight excluding hydrogens is 231 g/mol. The van der Waals surface area contributed by atoms with Crippen molar-refractivity contribution < 1.29 is 18.3 Å². The minimum Gasteiger partial charge on any atom is -0.392 e. The predicted molar refractivity (Wildman–Crippen MR) is 59.4 cm³/mol. The van der Waals surface area contributed by atoms with Crippen LogP contribution in [0.2, 0.25) is 0 Å². The number of aliphatic hydroxyl groups excluding tert-OH is 1. The highest BCUT2D eigenvalue weighted by Crippen LogP contribution is 2.29. The summed E-state index contributed by atoms with van der Waals surface area (Å²) >= 11 is 0. The van der Waals surface area contributed by atoms with E-state index < -0.39 is 17.8 Å². The van der Waals surface area contributed by atoms with Crippen LogP contribution < -0.4 is 5.32 Å². The number of benzene rings is 1. The summed E-state index contributed by atoms with van der Waals surface area (Å²) < 4.78 is 37.3. The Kier molecular flexibility index (Phi) is 4.54. The van der Waals surface area contributed by atoms with Gasteiger partial charge >= 0.3 is 6.18 Å². The molecule has 0 aliphatic carbocycles. The van der Waals surface area contributed by atoms with Crippen molar-refractivity contribution in [1.82, 2.24) is 5.32 Å². The quantitative estimate of drug-likeness (QED) is 0.857. The fourth-order valence-electron chi connectivity index (χ4n) is 1.31. The molecule has 2 atom stereocenters. The molecule has 1 rings (SSSR count). The molecule has 0 aliphatic rings. The van der Waals surface area contributed by atoms with Crippen LogP contribution >= 0.6 is 0 Å². The van der Waals surface area contributed by atoms with E-state index in [1.807, 2.05) is 0 Å². The second kappa shape index (κ2) is 5.51. The largest absolute Gasteiger partial charge is 0.416 e. The molecule has 0 spiro atoms. The number of rotatable bonds is 4. The zero-order valence-corrected chi connectivity index (χ0v) is 9.75. The molecule has 0 heterocycles. The zero-order chi connectivity index (χ0) is 13.1. The van der Waals surface area contributed by atoms with Gasteiger partial charge in [0.15, 0.2) is 0 Å². The van der Waals surface area contributed by atoms with Crippen LogP contribution in [0.4, 0.5) is 13.2 Å². The standard InChI is InChI=1S/C12H16F3NO/c1-8(9(2)17)16-7-10-4-3-5-11(6-10)12(13,14)15/h3-6,8-9,16-17H,7H2,1-2H3. The van der Waals surface area contributed by atoms with Gasteiger partial charge in [-0.05, 0) is 25.5 Å². The first-order valence-electron chi connectivity index (χ1n) is 5.38. The summed E-state index contributed by atoms with van der Waals surface area (Å²) in [7, 11) is 0. The highest BCUT2D eigenvalue weighted by Gasteiger charge is 2.30. The van der Waals surface area contributed by atoms with E-state index in [2.05, 4.69) is 5.32 Å². The molecule has 2 N–H and O–H groups in total. The maximum absolute atomic E-state index is 12.4. The van der Waals surface area contributed by atoms with Crippen LogP contribution in [0.15, 0.2) is 24.3 Å². The van der Waals surface area contributed by atoms with Gasteiger partial charge in [0.05, 0.1) is 11.7 Å². The third-order valence-electron chi connectivity index (χ3n) is 2.61. The van der Waals surface area contributed by atoms with Crippen LogP contribution in [0.5, 0.6) is 0 Å². The Balaban J connectivity index is 2.67. The first kappa shape index (κ1) is 14.0. The summed E-state index contributed by atoms with van der Waals surface area (Å²) in [4.78, 5) is 0. The molecule has 0 aliphatic heterocycles. The minimum absolute atomic E-state index is 0.162. The van der Waals surface area contributed by atoms with Crippen molar-refractivity contribution in [2.24, 2.45) is 0 Å². The van der Waals surface area contributed by atoms with Crippen molar-refractivity contribution in [1.29, 1.82) is 0 Å². The Morgan fingerprint density at radius 3 is 2.47 bits per heavy atom. The van der Waals surface area contributed by atoms with Gasteiger partial charge in [0.25, 0.3) is 0 Å². The first-order chi connectivity index (χ1) is 7.80. The van der Waals surface area contributed by atoms with E-state index >= 15 is 0 Å². The van der Waals surface area contributed by atoms with E-state index in [1.54, 1.807) is 19.9 Å². The number of hydrogen-bond acceptors (Lipinski definition) is 2. The van der Waals surface area contributed by atoms with Crippen LogP contribution in [0, 0.1) is 0 Å². The molecule has 0 aromatic heterocycles. The van der Waals surface area contributed by atoms with E-state index in [1.165, 1.54) is 6.07 Å². The van der Waals surface area contributed by atoms with E-state index in [9.17, 15) is 18.3 Å². The van der Waals surface area contributed by atoms with Crippen LogP contribution in [0.25, 0.3) is 0 Å².